The van der Waals surface area contributed by atoms with Gasteiger partial charge < -0.3 is 4.57 Å². The van der Waals surface area contributed by atoms with Gasteiger partial charge in [0.2, 0.25) is 0 Å². The van der Waals surface area contributed by atoms with Crippen LogP contribution in [-0.2, 0) is 0 Å². The van der Waals surface area contributed by atoms with Gasteiger partial charge in [-0.05, 0) is 19.1 Å². The maximum absolute atomic E-state index is 11.8. The average Bonchev–Trinajstić information content (AvgIpc) is 2.74. The smallest absolute Gasteiger partial charge is 0.164 e. The molecule has 2 aromatic rings. The lowest BCUT2D eigenvalue weighted by Gasteiger charge is -2.09. The lowest BCUT2D eigenvalue weighted by molar-refractivity contribution is 0.0988. The summed E-state index contributed by atoms with van der Waals surface area (Å²) in [5, 5.41) is 0. The van der Waals surface area contributed by atoms with E-state index in [9.17, 15) is 4.79 Å². The Hall–Kier alpha value is -1.90. The molecule has 0 atom stereocenters. The molecule has 16 heavy (non-hydrogen) atoms. The van der Waals surface area contributed by atoms with Crippen LogP contribution >= 0.6 is 0 Å². The number of carbonyl (C=O) groups is 1. The number of ketones is 1. The van der Waals surface area contributed by atoms with Gasteiger partial charge in [0, 0.05) is 24.4 Å². The predicted octanol–water partition coefficient (Wildman–Crippen LogP) is 2.77. The normalized spacial score (nSPS) is 10.4. The van der Waals surface area contributed by atoms with Crippen LogP contribution in [0.2, 0.25) is 0 Å². The van der Waals surface area contributed by atoms with Gasteiger partial charge in [-0.15, -0.1) is 0 Å². The molecular formula is C13H14N2O. The molecule has 0 N–H and O–H groups in total. The zero-order valence-corrected chi connectivity index (χ0v) is 9.47. The summed E-state index contributed by atoms with van der Waals surface area (Å²) in [7, 11) is 0. The van der Waals surface area contributed by atoms with Crippen LogP contribution in [0.3, 0.4) is 0 Å². The van der Waals surface area contributed by atoms with Crippen molar-refractivity contribution in [3.63, 3.8) is 0 Å². The number of benzene rings is 1. The molecule has 0 aliphatic rings. The molecule has 0 saturated carbocycles. The fourth-order valence-electron chi connectivity index (χ4n) is 1.74. The highest BCUT2D eigenvalue weighted by molar-refractivity contribution is 5.99. The van der Waals surface area contributed by atoms with Gasteiger partial charge in [0.15, 0.2) is 5.78 Å². The van der Waals surface area contributed by atoms with Gasteiger partial charge in [-0.1, -0.05) is 19.1 Å². The second-order valence-corrected chi connectivity index (χ2v) is 3.64. The fourth-order valence-corrected chi connectivity index (χ4v) is 1.74. The number of imidazole rings is 1. The summed E-state index contributed by atoms with van der Waals surface area (Å²) in [5.41, 5.74) is 1.66. The van der Waals surface area contributed by atoms with Crippen LogP contribution in [0.25, 0.3) is 5.69 Å². The van der Waals surface area contributed by atoms with Crippen molar-refractivity contribution in [1.29, 1.82) is 0 Å². The van der Waals surface area contributed by atoms with Gasteiger partial charge in [0.1, 0.15) is 5.82 Å². The minimum absolute atomic E-state index is 0.156. The highest BCUT2D eigenvalue weighted by Crippen LogP contribution is 2.17. The summed E-state index contributed by atoms with van der Waals surface area (Å²) in [6, 6.07) is 7.62. The largest absolute Gasteiger partial charge is 0.303 e. The van der Waals surface area contributed by atoms with Crippen molar-refractivity contribution >= 4 is 5.78 Å². The molecule has 0 saturated heterocycles. The predicted molar refractivity (Wildman–Crippen MR) is 62.9 cm³/mol. The maximum Gasteiger partial charge on any atom is 0.164 e. The van der Waals surface area contributed by atoms with Gasteiger partial charge in [0.05, 0.1) is 5.69 Å². The Labute approximate surface area is 94.7 Å². The molecule has 1 heterocycles. The van der Waals surface area contributed by atoms with E-state index in [1.54, 1.807) is 6.20 Å². The first kappa shape index (κ1) is 10.6. The van der Waals surface area contributed by atoms with Crippen molar-refractivity contribution < 1.29 is 4.79 Å². The van der Waals surface area contributed by atoms with Crippen LogP contribution in [-0.4, -0.2) is 15.3 Å². The van der Waals surface area contributed by atoms with Crippen LogP contribution in [0.15, 0.2) is 36.7 Å². The number of rotatable bonds is 3. The van der Waals surface area contributed by atoms with Gasteiger partial charge in [-0.2, -0.15) is 0 Å². The van der Waals surface area contributed by atoms with E-state index in [1.807, 2.05) is 48.9 Å². The van der Waals surface area contributed by atoms with Crippen molar-refractivity contribution in [2.75, 3.05) is 0 Å². The maximum atomic E-state index is 11.8. The Morgan fingerprint density at radius 2 is 2.12 bits per heavy atom. The summed E-state index contributed by atoms with van der Waals surface area (Å²) in [6.07, 6.45) is 4.13. The van der Waals surface area contributed by atoms with Gasteiger partial charge in [-0.3, -0.25) is 4.79 Å². The third-order valence-corrected chi connectivity index (χ3v) is 2.61. The number of carbonyl (C=O) groups excluding carboxylic acids is 1. The van der Waals surface area contributed by atoms with Crippen LogP contribution in [0.5, 0.6) is 0 Å². The van der Waals surface area contributed by atoms with E-state index in [4.69, 9.17) is 0 Å². The monoisotopic (exact) mass is 214 g/mol. The number of aromatic nitrogens is 2. The van der Waals surface area contributed by atoms with Crippen LogP contribution in [0, 0.1) is 6.92 Å². The zero-order chi connectivity index (χ0) is 11.5. The summed E-state index contributed by atoms with van der Waals surface area (Å²) in [5.74, 6) is 1.04. The lowest BCUT2D eigenvalue weighted by atomic mass is 10.1. The summed E-state index contributed by atoms with van der Waals surface area (Å²) in [4.78, 5) is 16.0. The number of para-hydroxylation sites is 1. The zero-order valence-electron chi connectivity index (χ0n) is 9.47. The third-order valence-electron chi connectivity index (χ3n) is 2.61. The number of hydrogen-bond acceptors (Lipinski definition) is 2. The molecule has 2 rings (SSSR count). The van der Waals surface area contributed by atoms with Crippen LogP contribution in [0.1, 0.15) is 29.5 Å². The van der Waals surface area contributed by atoms with Crippen molar-refractivity contribution in [1.82, 2.24) is 9.55 Å². The summed E-state index contributed by atoms with van der Waals surface area (Å²) >= 11 is 0. The van der Waals surface area contributed by atoms with Crippen molar-refractivity contribution in [2.24, 2.45) is 0 Å². The third kappa shape index (κ3) is 1.76. The van der Waals surface area contributed by atoms with Crippen LogP contribution in [0.4, 0.5) is 0 Å². The van der Waals surface area contributed by atoms with E-state index in [-0.39, 0.29) is 5.78 Å². The minimum Gasteiger partial charge on any atom is -0.303 e. The molecule has 0 radical (unpaired) electrons. The number of aryl methyl sites for hydroxylation is 1. The highest BCUT2D eigenvalue weighted by Gasteiger charge is 2.11. The molecule has 0 aliphatic carbocycles. The van der Waals surface area contributed by atoms with E-state index in [0.717, 1.165) is 17.1 Å². The quantitative estimate of drug-likeness (QED) is 0.736. The van der Waals surface area contributed by atoms with E-state index >= 15 is 0 Å². The number of Topliss-reactive ketones (excluding diaryl/α,β-unsaturated/α-hetero) is 1. The number of hydrogen-bond donors (Lipinski definition) is 0. The Kier molecular flexibility index (Phi) is 2.86. The Balaban J connectivity index is 2.57. The summed E-state index contributed by atoms with van der Waals surface area (Å²) in [6.45, 7) is 3.80. The Morgan fingerprint density at radius 1 is 1.38 bits per heavy atom. The SMILES string of the molecule is CCC(=O)c1ccccc1-n1ccnc1C. The van der Waals surface area contributed by atoms with Crippen LogP contribution < -0.4 is 0 Å². The summed E-state index contributed by atoms with van der Waals surface area (Å²) < 4.78 is 1.93. The first-order valence-electron chi connectivity index (χ1n) is 5.36. The van der Waals surface area contributed by atoms with Crippen molar-refractivity contribution in [3.05, 3.63) is 48.0 Å². The first-order chi connectivity index (χ1) is 7.74. The molecule has 3 heteroatoms. The highest BCUT2D eigenvalue weighted by atomic mass is 16.1. The molecule has 3 nitrogen and oxygen atoms in total. The first-order valence-corrected chi connectivity index (χ1v) is 5.36. The van der Waals surface area contributed by atoms with E-state index in [0.29, 0.717) is 6.42 Å². The molecule has 0 aliphatic heterocycles. The molecule has 0 bridgehead atoms. The topological polar surface area (TPSA) is 34.9 Å². The lowest BCUT2D eigenvalue weighted by Crippen LogP contribution is -2.05. The van der Waals surface area contributed by atoms with Crippen molar-refractivity contribution in [2.45, 2.75) is 20.3 Å². The van der Waals surface area contributed by atoms with E-state index < -0.39 is 0 Å². The molecular weight excluding hydrogens is 200 g/mol. The molecule has 82 valence electrons. The standard InChI is InChI=1S/C13H14N2O/c1-3-13(16)11-6-4-5-7-12(11)15-9-8-14-10(15)2/h4-9H,3H2,1-2H3. The molecule has 1 aromatic heterocycles. The fraction of sp³-hybridized carbons (Fsp3) is 0.231. The number of nitrogens with zero attached hydrogens (tertiary/aromatic N) is 2. The molecule has 0 amide bonds. The molecule has 1 aromatic carbocycles. The van der Waals surface area contributed by atoms with E-state index in [1.165, 1.54) is 0 Å². The Morgan fingerprint density at radius 3 is 2.75 bits per heavy atom. The molecule has 0 fully saturated rings. The van der Waals surface area contributed by atoms with Gasteiger partial charge in [0.25, 0.3) is 0 Å². The average molecular weight is 214 g/mol. The molecule has 0 unspecified atom stereocenters. The Bertz CT molecular complexity index is 514. The van der Waals surface area contributed by atoms with Crippen molar-refractivity contribution in [3.8, 4) is 5.69 Å². The second kappa shape index (κ2) is 4.31. The minimum atomic E-state index is 0.156. The van der Waals surface area contributed by atoms with E-state index in [2.05, 4.69) is 4.98 Å². The second-order valence-electron chi connectivity index (χ2n) is 3.64. The van der Waals surface area contributed by atoms with Gasteiger partial charge >= 0.3 is 0 Å². The molecule has 0 spiro atoms. The van der Waals surface area contributed by atoms with Gasteiger partial charge in [-0.25, -0.2) is 4.98 Å².